The summed E-state index contributed by atoms with van der Waals surface area (Å²) in [6.07, 6.45) is 0. The van der Waals surface area contributed by atoms with E-state index in [1.807, 2.05) is 13.8 Å². The maximum atomic E-state index is 11.4. The summed E-state index contributed by atoms with van der Waals surface area (Å²) in [6.45, 7) is 10.4. The van der Waals surface area contributed by atoms with Crippen molar-refractivity contribution in [1.82, 2.24) is 20.4 Å². The van der Waals surface area contributed by atoms with Crippen LogP contribution in [0.5, 0.6) is 0 Å². The topological polar surface area (TPSA) is 59.0 Å². The SMILES string of the molecule is CNC(=O)Cn1nc(C)c(CNCC(C)C)c1C. The van der Waals surface area contributed by atoms with Gasteiger partial charge in [-0.05, 0) is 26.3 Å². The molecule has 0 aliphatic carbocycles. The lowest BCUT2D eigenvalue weighted by atomic mass is 10.2. The molecule has 0 spiro atoms. The van der Waals surface area contributed by atoms with Crippen LogP contribution in [0, 0.1) is 19.8 Å². The van der Waals surface area contributed by atoms with E-state index < -0.39 is 0 Å². The minimum Gasteiger partial charge on any atom is -0.358 e. The first-order valence-electron chi connectivity index (χ1n) is 6.39. The van der Waals surface area contributed by atoms with Gasteiger partial charge >= 0.3 is 0 Å². The molecule has 1 aromatic heterocycles. The lowest BCUT2D eigenvalue weighted by Gasteiger charge is -2.08. The van der Waals surface area contributed by atoms with Crippen molar-refractivity contribution in [3.05, 3.63) is 17.0 Å². The molecule has 5 nitrogen and oxygen atoms in total. The van der Waals surface area contributed by atoms with Crippen LogP contribution in [-0.2, 0) is 17.9 Å². The Hall–Kier alpha value is -1.36. The Morgan fingerprint density at radius 1 is 1.39 bits per heavy atom. The maximum Gasteiger partial charge on any atom is 0.241 e. The first kappa shape index (κ1) is 14.7. The summed E-state index contributed by atoms with van der Waals surface area (Å²) in [5, 5.41) is 10.4. The highest BCUT2D eigenvalue weighted by Gasteiger charge is 2.12. The number of likely N-dealkylation sites (N-methyl/N-ethyl adjacent to an activating group) is 1. The fourth-order valence-electron chi connectivity index (χ4n) is 1.84. The average Bonchev–Trinajstić information content (AvgIpc) is 2.56. The summed E-state index contributed by atoms with van der Waals surface area (Å²) in [7, 11) is 1.64. The minimum absolute atomic E-state index is 0.0257. The normalized spacial score (nSPS) is 11.0. The quantitative estimate of drug-likeness (QED) is 0.794. The van der Waals surface area contributed by atoms with Crippen molar-refractivity contribution < 1.29 is 4.79 Å². The van der Waals surface area contributed by atoms with Crippen LogP contribution in [0.25, 0.3) is 0 Å². The number of aryl methyl sites for hydroxylation is 1. The predicted octanol–water partition coefficient (Wildman–Crippen LogP) is 0.992. The molecule has 0 atom stereocenters. The number of rotatable bonds is 6. The van der Waals surface area contributed by atoms with Crippen molar-refractivity contribution in [3.8, 4) is 0 Å². The second kappa shape index (κ2) is 6.54. The first-order valence-corrected chi connectivity index (χ1v) is 6.39. The smallest absolute Gasteiger partial charge is 0.241 e. The van der Waals surface area contributed by atoms with Crippen molar-refractivity contribution in [2.75, 3.05) is 13.6 Å². The summed E-state index contributed by atoms with van der Waals surface area (Å²) in [5.41, 5.74) is 3.25. The van der Waals surface area contributed by atoms with Gasteiger partial charge in [-0.15, -0.1) is 0 Å². The zero-order valence-electron chi connectivity index (χ0n) is 12.0. The molecule has 0 radical (unpaired) electrons. The van der Waals surface area contributed by atoms with Gasteiger partial charge in [0, 0.05) is 24.8 Å². The molecule has 0 unspecified atom stereocenters. The second-order valence-electron chi connectivity index (χ2n) is 5.00. The molecule has 1 heterocycles. The molecule has 0 aromatic carbocycles. The third-order valence-electron chi connectivity index (χ3n) is 2.96. The monoisotopic (exact) mass is 252 g/mol. The zero-order valence-corrected chi connectivity index (χ0v) is 12.0. The average molecular weight is 252 g/mol. The fraction of sp³-hybridized carbons (Fsp3) is 0.692. The van der Waals surface area contributed by atoms with Gasteiger partial charge in [-0.25, -0.2) is 0 Å². The highest BCUT2D eigenvalue weighted by atomic mass is 16.1. The third-order valence-corrected chi connectivity index (χ3v) is 2.96. The molecule has 0 fully saturated rings. The number of aromatic nitrogens is 2. The van der Waals surface area contributed by atoms with Crippen molar-refractivity contribution in [2.45, 2.75) is 40.8 Å². The van der Waals surface area contributed by atoms with Gasteiger partial charge in [-0.2, -0.15) is 5.10 Å². The highest BCUT2D eigenvalue weighted by Crippen LogP contribution is 2.12. The van der Waals surface area contributed by atoms with Gasteiger partial charge in [0.1, 0.15) is 6.54 Å². The van der Waals surface area contributed by atoms with E-state index in [2.05, 4.69) is 29.6 Å². The highest BCUT2D eigenvalue weighted by molar-refractivity contribution is 5.75. The Labute approximate surface area is 109 Å². The van der Waals surface area contributed by atoms with E-state index in [-0.39, 0.29) is 12.5 Å². The number of carbonyl (C=O) groups is 1. The fourth-order valence-corrected chi connectivity index (χ4v) is 1.84. The molecule has 0 bridgehead atoms. The Kier molecular flexibility index (Phi) is 5.34. The van der Waals surface area contributed by atoms with E-state index >= 15 is 0 Å². The minimum atomic E-state index is -0.0257. The molecule has 102 valence electrons. The van der Waals surface area contributed by atoms with Crippen LogP contribution in [0.2, 0.25) is 0 Å². The van der Waals surface area contributed by atoms with Crippen LogP contribution in [0.4, 0.5) is 0 Å². The van der Waals surface area contributed by atoms with Crippen molar-refractivity contribution in [3.63, 3.8) is 0 Å². The lowest BCUT2D eigenvalue weighted by Crippen LogP contribution is -2.24. The van der Waals surface area contributed by atoms with Gasteiger partial charge in [0.15, 0.2) is 0 Å². The van der Waals surface area contributed by atoms with Gasteiger partial charge in [-0.1, -0.05) is 13.8 Å². The van der Waals surface area contributed by atoms with Crippen molar-refractivity contribution >= 4 is 5.91 Å². The summed E-state index contributed by atoms with van der Waals surface area (Å²) < 4.78 is 1.76. The van der Waals surface area contributed by atoms with Crippen LogP contribution in [0.3, 0.4) is 0 Å². The molecule has 1 rings (SSSR count). The maximum absolute atomic E-state index is 11.4. The molecule has 0 aliphatic heterocycles. The Balaban J connectivity index is 2.71. The molecule has 0 aliphatic rings. The molecule has 2 N–H and O–H groups in total. The Morgan fingerprint density at radius 3 is 2.61 bits per heavy atom. The van der Waals surface area contributed by atoms with Crippen LogP contribution in [0.15, 0.2) is 0 Å². The van der Waals surface area contributed by atoms with Gasteiger partial charge in [0.05, 0.1) is 5.69 Å². The number of hydrogen-bond donors (Lipinski definition) is 2. The van der Waals surface area contributed by atoms with Gasteiger partial charge in [0.25, 0.3) is 0 Å². The van der Waals surface area contributed by atoms with Crippen molar-refractivity contribution in [2.24, 2.45) is 5.92 Å². The van der Waals surface area contributed by atoms with E-state index in [9.17, 15) is 4.79 Å². The number of nitrogens with zero attached hydrogens (tertiary/aromatic N) is 2. The molecule has 5 heteroatoms. The Bertz CT molecular complexity index is 409. The summed E-state index contributed by atoms with van der Waals surface area (Å²) in [6, 6.07) is 0. The van der Waals surface area contributed by atoms with Crippen LogP contribution < -0.4 is 10.6 Å². The standard InChI is InChI=1S/C13H24N4O/c1-9(2)6-15-7-12-10(3)16-17(11(12)4)8-13(18)14-5/h9,15H,6-8H2,1-5H3,(H,14,18). The van der Waals surface area contributed by atoms with Crippen LogP contribution in [0.1, 0.15) is 30.8 Å². The summed E-state index contributed by atoms with van der Waals surface area (Å²) in [4.78, 5) is 11.4. The first-order chi connectivity index (χ1) is 8.45. The second-order valence-corrected chi connectivity index (χ2v) is 5.00. The molecular weight excluding hydrogens is 228 g/mol. The lowest BCUT2D eigenvalue weighted by molar-refractivity contribution is -0.121. The zero-order chi connectivity index (χ0) is 13.7. The predicted molar refractivity (Wildman–Crippen MR) is 72.3 cm³/mol. The van der Waals surface area contributed by atoms with Gasteiger partial charge in [0.2, 0.25) is 5.91 Å². The summed E-state index contributed by atoms with van der Waals surface area (Å²) in [5.74, 6) is 0.605. The molecule has 18 heavy (non-hydrogen) atoms. The van der Waals surface area contributed by atoms with Gasteiger partial charge < -0.3 is 10.6 Å². The molecule has 0 saturated heterocycles. The molecule has 0 saturated carbocycles. The van der Waals surface area contributed by atoms with Crippen LogP contribution >= 0.6 is 0 Å². The number of amides is 1. The summed E-state index contributed by atoms with van der Waals surface area (Å²) >= 11 is 0. The largest absolute Gasteiger partial charge is 0.358 e. The van der Waals surface area contributed by atoms with E-state index in [0.29, 0.717) is 5.92 Å². The van der Waals surface area contributed by atoms with E-state index in [1.165, 1.54) is 5.56 Å². The number of nitrogens with one attached hydrogen (secondary N) is 2. The number of carbonyl (C=O) groups excluding carboxylic acids is 1. The third kappa shape index (κ3) is 3.84. The molecular formula is C13H24N4O. The van der Waals surface area contributed by atoms with E-state index in [1.54, 1.807) is 11.7 Å². The van der Waals surface area contributed by atoms with Crippen molar-refractivity contribution in [1.29, 1.82) is 0 Å². The van der Waals surface area contributed by atoms with Gasteiger partial charge in [-0.3, -0.25) is 9.48 Å². The van der Waals surface area contributed by atoms with E-state index in [4.69, 9.17) is 0 Å². The Morgan fingerprint density at radius 2 is 2.06 bits per heavy atom. The van der Waals surface area contributed by atoms with Crippen LogP contribution in [-0.4, -0.2) is 29.3 Å². The number of hydrogen-bond acceptors (Lipinski definition) is 3. The van der Waals surface area contributed by atoms with E-state index in [0.717, 1.165) is 24.5 Å². The molecule has 1 aromatic rings. The molecule has 1 amide bonds.